The van der Waals surface area contributed by atoms with Crippen molar-refractivity contribution >= 4 is 40.1 Å². The lowest BCUT2D eigenvalue weighted by Gasteiger charge is -2.06. The first kappa shape index (κ1) is 21.4. The van der Waals surface area contributed by atoms with E-state index in [4.69, 9.17) is 16.7 Å². The molecule has 1 heterocycles. The summed E-state index contributed by atoms with van der Waals surface area (Å²) in [6.07, 6.45) is 3.69. The molecule has 0 atom stereocenters. The second-order valence-corrected chi connectivity index (χ2v) is 7.87. The lowest BCUT2D eigenvalue weighted by molar-refractivity contribution is -0.136. The normalized spacial score (nSPS) is 11.5. The van der Waals surface area contributed by atoms with Crippen molar-refractivity contribution in [3.8, 4) is 6.07 Å². The van der Waals surface area contributed by atoms with E-state index in [0.29, 0.717) is 28.3 Å². The van der Waals surface area contributed by atoms with Crippen molar-refractivity contribution in [1.82, 2.24) is 4.57 Å². The molecule has 0 aliphatic rings. The van der Waals surface area contributed by atoms with Gasteiger partial charge >= 0.3 is 5.97 Å². The van der Waals surface area contributed by atoms with E-state index in [1.165, 1.54) is 12.1 Å². The Morgan fingerprint density at radius 1 is 1.06 bits per heavy atom. The quantitative estimate of drug-likeness (QED) is 0.361. The number of benzene rings is 3. The van der Waals surface area contributed by atoms with Gasteiger partial charge in [-0.3, -0.25) is 4.79 Å². The molecule has 0 aliphatic carbocycles. The van der Waals surface area contributed by atoms with Crippen LogP contribution in [0.2, 0.25) is 5.02 Å². The zero-order chi connectivity index (χ0) is 22.7. The maximum absolute atomic E-state index is 13.3. The number of rotatable bonds is 6. The average Bonchev–Trinajstić information content (AvgIpc) is 3.10. The van der Waals surface area contributed by atoms with Gasteiger partial charge in [-0.05, 0) is 47.0 Å². The molecule has 0 saturated heterocycles. The number of hydrogen-bond donors (Lipinski definition) is 1. The van der Waals surface area contributed by atoms with E-state index >= 15 is 0 Å². The van der Waals surface area contributed by atoms with Gasteiger partial charge in [-0.1, -0.05) is 54.1 Å². The van der Waals surface area contributed by atoms with Gasteiger partial charge in [0.25, 0.3) is 0 Å². The van der Waals surface area contributed by atoms with Crippen LogP contribution in [0.1, 0.15) is 22.3 Å². The lowest BCUT2D eigenvalue weighted by atomic mass is 10.0. The molecule has 0 radical (unpaired) electrons. The molecule has 4 nitrogen and oxygen atoms in total. The third kappa shape index (κ3) is 4.72. The summed E-state index contributed by atoms with van der Waals surface area (Å²) >= 11 is 6.23. The molecule has 3 aromatic carbocycles. The highest BCUT2D eigenvalue weighted by Gasteiger charge is 2.11. The molecule has 4 rings (SSSR count). The third-order valence-electron chi connectivity index (χ3n) is 5.18. The lowest BCUT2D eigenvalue weighted by Crippen LogP contribution is -1.99. The Morgan fingerprint density at radius 3 is 2.41 bits per heavy atom. The van der Waals surface area contributed by atoms with E-state index in [2.05, 4.69) is 6.07 Å². The minimum absolute atomic E-state index is 0.0660. The van der Waals surface area contributed by atoms with Gasteiger partial charge in [0, 0.05) is 28.7 Å². The maximum Gasteiger partial charge on any atom is 0.307 e. The summed E-state index contributed by atoms with van der Waals surface area (Å²) in [5, 5.41) is 20.2. The van der Waals surface area contributed by atoms with Crippen molar-refractivity contribution in [3.63, 3.8) is 0 Å². The molecular formula is C26H18ClFN2O2. The summed E-state index contributed by atoms with van der Waals surface area (Å²) in [4.78, 5) is 10.9. The van der Waals surface area contributed by atoms with Crippen molar-refractivity contribution in [2.75, 3.05) is 0 Å². The molecule has 4 aromatic rings. The number of carboxylic acid groups (broad SMARTS) is 1. The predicted octanol–water partition coefficient (Wildman–Crippen LogP) is 6.17. The highest BCUT2D eigenvalue weighted by Crippen LogP contribution is 2.29. The fourth-order valence-corrected chi connectivity index (χ4v) is 3.80. The second kappa shape index (κ2) is 9.09. The van der Waals surface area contributed by atoms with E-state index in [1.54, 1.807) is 42.5 Å². The number of carboxylic acids is 1. The van der Waals surface area contributed by atoms with Gasteiger partial charge in [0.1, 0.15) is 5.82 Å². The number of aliphatic carboxylic acids is 1. The monoisotopic (exact) mass is 444 g/mol. The molecule has 0 aliphatic heterocycles. The van der Waals surface area contributed by atoms with E-state index in [9.17, 15) is 14.4 Å². The van der Waals surface area contributed by atoms with Crippen LogP contribution in [0, 0.1) is 17.1 Å². The van der Waals surface area contributed by atoms with Crippen LogP contribution in [0.25, 0.3) is 22.6 Å². The zero-order valence-corrected chi connectivity index (χ0v) is 17.7. The summed E-state index contributed by atoms with van der Waals surface area (Å²) in [5.74, 6) is -1.19. The van der Waals surface area contributed by atoms with Gasteiger partial charge in [-0.2, -0.15) is 5.26 Å². The van der Waals surface area contributed by atoms with E-state index in [0.717, 1.165) is 22.0 Å². The Kier molecular flexibility index (Phi) is 6.07. The summed E-state index contributed by atoms with van der Waals surface area (Å²) in [6, 6.07) is 21.1. The molecule has 0 saturated carbocycles. The Bertz CT molecular complexity index is 1360. The minimum atomic E-state index is -0.901. The van der Waals surface area contributed by atoms with E-state index in [-0.39, 0.29) is 12.2 Å². The molecule has 0 fully saturated rings. The minimum Gasteiger partial charge on any atom is -0.481 e. The van der Waals surface area contributed by atoms with Crippen LogP contribution >= 0.6 is 11.6 Å². The van der Waals surface area contributed by atoms with Crippen LogP contribution in [0.4, 0.5) is 4.39 Å². The van der Waals surface area contributed by atoms with Crippen LogP contribution in [0.15, 0.2) is 72.9 Å². The summed E-state index contributed by atoms with van der Waals surface area (Å²) in [7, 11) is 0. The van der Waals surface area contributed by atoms with Gasteiger partial charge in [-0.15, -0.1) is 0 Å². The van der Waals surface area contributed by atoms with Crippen molar-refractivity contribution in [2.45, 2.75) is 13.0 Å². The van der Waals surface area contributed by atoms with Gasteiger partial charge in [0.2, 0.25) is 0 Å². The maximum atomic E-state index is 13.3. The fourth-order valence-electron chi connectivity index (χ4n) is 3.64. The first-order chi connectivity index (χ1) is 15.4. The number of nitrogens with zero attached hydrogens (tertiary/aromatic N) is 2. The van der Waals surface area contributed by atoms with Crippen molar-refractivity contribution in [2.24, 2.45) is 0 Å². The number of hydrogen-bond acceptors (Lipinski definition) is 2. The van der Waals surface area contributed by atoms with Gasteiger partial charge < -0.3 is 9.67 Å². The molecule has 158 valence electrons. The smallest absolute Gasteiger partial charge is 0.307 e. The highest BCUT2D eigenvalue weighted by molar-refractivity contribution is 6.31. The fraction of sp³-hybridized carbons (Fsp3) is 0.0769. The topological polar surface area (TPSA) is 66.0 Å². The molecule has 32 heavy (non-hydrogen) atoms. The van der Waals surface area contributed by atoms with Crippen LogP contribution in [0.5, 0.6) is 0 Å². The number of carbonyl (C=O) groups is 1. The largest absolute Gasteiger partial charge is 0.481 e. The summed E-state index contributed by atoms with van der Waals surface area (Å²) in [6.45, 7) is 0.525. The number of halogens is 2. The Hall–Kier alpha value is -3.88. The molecule has 6 heteroatoms. The van der Waals surface area contributed by atoms with Crippen molar-refractivity contribution in [1.29, 1.82) is 5.26 Å². The highest BCUT2D eigenvalue weighted by atomic mass is 35.5. The molecule has 0 amide bonds. The van der Waals surface area contributed by atoms with Crippen LogP contribution in [-0.4, -0.2) is 15.6 Å². The standard InChI is InChI=1S/C26H18ClFN2O2/c27-22-7-10-24-21(12-20(14-29)19-5-1-17(2-6-19)11-26(31)32)16-30(25(24)13-22)15-18-3-8-23(28)9-4-18/h1-10,12-13,16H,11,15H2,(H,31,32). The molecule has 0 spiro atoms. The first-order valence-corrected chi connectivity index (χ1v) is 10.3. The van der Waals surface area contributed by atoms with Gasteiger partial charge in [0.15, 0.2) is 0 Å². The van der Waals surface area contributed by atoms with E-state index in [1.807, 2.05) is 29.0 Å². The molecule has 1 aromatic heterocycles. The number of nitriles is 1. The second-order valence-electron chi connectivity index (χ2n) is 7.44. The predicted molar refractivity (Wildman–Crippen MR) is 124 cm³/mol. The van der Waals surface area contributed by atoms with Gasteiger partial charge in [-0.25, -0.2) is 4.39 Å². The summed E-state index contributed by atoms with van der Waals surface area (Å²) in [5.41, 5.74) is 4.53. The summed E-state index contributed by atoms with van der Waals surface area (Å²) < 4.78 is 15.3. The Labute approximate surface area is 189 Å². The molecule has 1 N–H and O–H groups in total. The number of aromatic nitrogens is 1. The van der Waals surface area contributed by atoms with Crippen LogP contribution in [-0.2, 0) is 17.8 Å². The van der Waals surface area contributed by atoms with E-state index < -0.39 is 5.97 Å². The number of allylic oxidation sites excluding steroid dienone is 1. The van der Waals surface area contributed by atoms with Gasteiger partial charge in [0.05, 0.1) is 23.6 Å². The average molecular weight is 445 g/mol. The SMILES string of the molecule is N#CC(=Cc1cn(Cc2ccc(F)cc2)c2cc(Cl)ccc12)c1ccc(CC(=O)O)cc1. The molecular weight excluding hydrogens is 427 g/mol. The zero-order valence-electron chi connectivity index (χ0n) is 16.9. The van der Waals surface area contributed by atoms with Crippen LogP contribution < -0.4 is 0 Å². The molecule has 0 bridgehead atoms. The Balaban J connectivity index is 1.74. The molecule has 0 unspecified atom stereocenters. The third-order valence-corrected chi connectivity index (χ3v) is 5.42. The first-order valence-electron chi connectivity index (χ1n) is 9.88. The van der Waals surface area contributed by atoms with Crippen molar-refractivity contribution in [3.05, 3.63) is 106 Å². The van der Waals surface area contributed by atoms with Crippen LogP contribution in [0.3, 0.4) is 0 Å². The number of fused-ring (bicyclic) bond motifs is 1. The Morgan fingerprint density at radius 2 is 1.75 bits per heavy atom. The van der Waals surface area contributed by atoms with Crippen molar-refractivity contribution < 1.29 is 14.3 Å².